The van der Waals surface area contributed by atoms with Gasteiger partial charge in [0.05, 0.1) is 34.0 Å². The first kappa shape index (κ1) is 19.7. The number of esters is 1. The molecule has 27 heavy (non-hydrogen) atoms. The first-order valence-electron chi connectivity index (χ1n) is 7.90. The predicted octanol–water partition coefficient (Wildman–Crippen LogP) is 5.63. The summed E-state index contributed by atoms with van der Waals surface area (Å²) in [6.45, 7) is 1.69. The van der Waals surface area contributed by atoms with E-state index in [0.29, 0.717) is 21.4 Å². The first-order valence-corrected chi connectivity index (χ1v) is 9.44. The summed E-state index contributed by atoms with van der Waals surface area (Å²) in [4.78, 5) is 26.9. The number of hydrogen-bond acceptors (Lipinski definition) is 3. The van der Waals surface area contributed by atoms with Crippen LogP contribution in [0.2, 0.25) is 10.0 Å². The molecule has 0 spiro atoms. The molecule has 4 nitrogen and oxygen atoms in total. The van der Waals surface area contributed by atoms with Crippen LogP contribution >= 0.6 is 39.1 Å². The van der Waals surface area contributed by atoms with Crippen LogP contribution in [0.15, 0.2) is 63.8 Å². The number of nitrogens with zero attached hydrogens (tertiary/aromatic N) is 1. The van der Waals surface area contributed by atoms with Crippen molar-refractivity contribution in [2.75, 3.05) is 12.0 Å². The summed E-state index contributed by atoms with van der Waals surface area (Å²) in [5.41, 5.74) is 2.25. The predicted molar refractivity (Wildman–Crippen MR) is 111 cm³/mol. The molecule has 1 amide bonds. The van der Waals surface area contributed by atoms with Gasteiger partial charge in [-0.1, -0.05) is 51.3 Å². The van der Waals surface area contributed by atoms with Gasteiger partial charge < -0.3 is 4.74 Å². The molecule has 0 N–H and O–H groups in total. The van der Waals surface area contributed by atoms with Crippen LogP contribution in [0.5, 0.6) is 0 Å². The van der Waals surface area contributed by atoms with E-state index in [1.807, 2.05) is 24.3 Å². The minimum Gasteiger partial charge on any atom is -0.465 e. The van der Waals surface area contributed by atoms with E-state index in [-0.39, 0.29) is 17.1 Å². The lowest BCUT2D eigenvalue weighted by Gasteiger charge is -2.18. The molecule has 0 atom stereocenters. The quantitative estimate of drug-likeness (QED) is 0.434. The van der Waals surface area contributed by atoms with Gasteiger partial charge in [0.1, 0.15) is 0 Å². The molecular formula is C20H14BrCl2NO3. The SMILES string of the molecule is COC(=O)C1=C(C)N(c2ccc(Cl)c(Cl)c2)C(=O)/C1=C\c1ccc(Br)cc1. The summed E-state index contributed by atoms with van der Waals surface area (Å²) < 4.78 is 5.81. The van der Waals surface area contributed by atoms with E-state index in [1.54, 1.807) is 31.2 Å². The summed E-state index contributed by atoms with van der Waals surface area (Å²) >= 11 is 15.4. The van der Waals surface area contributed by atoms with E-state index in [9.17, 15) is 9.59 Å². The number of methoxy groups -OCH3 is 1. The molecular weight excluding hydrogens is 453 g/mol. The zero-order chi connectivity index (χ0) is 19.7. The fourth-order valence-electron chi connectivity index (χ4n) is 2.84. The molecule has 0 fully saturated rings. The van der Waals surface area contributed by atoms with Crippen LogP contribution in [0.3, 0.4) is 0 Å². The summed E-state index contributed by atoms with van der Waals surface area (Å²) in [5, 5.41) is 0.701. The van der Waals surface area contributed by atoms with Crippen molar-refractivity contribution in [3.8, 4) is 0 Å². The number of anilines is 1. The topological polar surface area (TPSA) is 46.6 Å². The molecule has 0 radical (unpaired) electrons. The standard InChI is InChI=1S/C20H14BrCl2NO3/c1-11-18(20(26)27-2)15(9-12-3-5-13(21)6-4-12)19(25)24(11)14-7-8-16(22)17(23)10-14/h3-10H,1-2H3/b15-9-. The van der Waals surface area contributed by atoms with Crippen LogP contribution in [0.4, 0.5) is 5.69 Å². The second-order valence-electron chi connectivity index (χ2n) is 5.80. The Hall–Kier alpha value is -2.08. The van der Waals surface area contributed by atoms with Gasteiger partial charge in [0.15, 0.2) is 0 Å². The molecule has 2 aromatic carbocycles. The van der Waals surface area contributed by atoms with Crippen molar-refractivity contribution >= 4 is 62.8 Å². The Balaban J connectivity index is 2.14. The highest BCUT2D eigenvalue weighted by atomic mass is 79.9. The minimum absolute atomic E-state index is 0.219. The fraction of sp³-hybridized carbons (Fsp3) is 0.100. The Morgan fingerprint density at radius 3 is 2.37 bits per heavy atom. The van der Waals surface area contributed by atoms with Crippen LogP contribution in [-0.2, 0) is 14.3 Å². The third-order valence-electron chi connectivity index (χ3n) is 4.13. The average Bonchev–Trinajstić information content (AvgIpc) is 2.89. The van der Waals surface area contributed by atoms with Crippen LogP contribution in [0, 0.1) is 0 Å². The lowest BCUT2D eigenvalue weighted by molar-refractivity contribution is -0.136. The number of rotatable bonds is 3. The Kier molecular flexibility index (Phi) is 5.75. The number of amides is 1. The molecule has 3 rings (SSSR count). The summed E-state index contributed by atoms with van der Waals surface area (Å²) in [6, 6.07) is 12.3. The summed E-state index contributed by atoms with van der Waals surface area (Å²) in [6.07, 6.45) is 1.67. The lowest BCUT2D eigenvalue weighted by Crippen LogP contribution is -2.24. The van der Waals surface area contributed by atoms with E-state index >= 15 is 0 Å². The lowest BCUT2D eigenvalue weighted by atomic mass is 10.0. The van der Waals surface area contributed by atoms with Crippen molar-refractivity contribution in [2.24, 2.45) is 0 Å². The smallest absolute Gasteiger partial charge is 0.340 e. The number of carbonyl (C=O) groups excluding carboxylic acids is 2. The van der Waals surface area contributed by atoms with Crippen LogP contribution in [-0.4, -0.2) is 19.0 Å². The van der Waals surface area contributed by atoms with E-state index in [4.69, 9.17) is 27.9 Å². The van der Waals surface area contributed by atoms with Gasteiger partial charge >= 0.3 is 5.97 Å². The minimum atomic E-state index is -0.577. The third kappa shape index (κ3) is 3.81. The van der Waals surface area contributed by atoms with Gasteiger partial charge in [-0.25, -0.2) is 4.79 Å². The van der Waals surface area contributed by atoms with Crippen molar-refractivity contribution < 1.29 is 14.3 Å². The van der Waals surface area contributed by atoms with Crippen LogP contribution in [0.1, 0.15) is 12.5 Å². The highest BCUT2D eigenvalue weighted by Crippen LogP contribution is 2.37. The van der Waals surface area contributed by atoms with Gasteiger partial charge in [-0.05, 0) is 48.9 Å². The van der Waals surface area contributed by atoms with Crippen molar-refractivity contribution in [3.05, 3.63) is 79.4 Å². The summed E-state index contributed by atoms with van der Waals surface area (Å²) in [5.74, 6) is -0.916. The van der Waals surface area contributed by atoms with Crippen LogP contribution < -0.4 is 4.90 Å². The zero-order valence-corrected chi connectivity index (χ0v) is 17.5. The highest BCUT2D eigenvalue weighted by molar-refractivity contribution is 9.10. The van der Waals surface area contributed by atoms with Crippen molar-refractivity contribution in [3.63, 3.8) is 0 Å². The Morgan fingerprint density at radius 1 is 1.11 bits per heavy atom. The number of halogens is 3. The Labute approximate surface area is 175 Å². The number of hydrogen-bond donors (Lipinski definition) is 0. The molecule has 0 aliphatic carbocycles. The Bertz CT molecular complexity index is 997. The number of ether oxygens (including phenoxy) is 1. The van der Waals surface area contributed by atoms with Crippen molar-refractivity contribution in [2.45, 2.75) is 6.92 Å². The molecule has 1 aliphatic rings. The average molecular weight is 467 g/mol. The highest BCUT2D eigenvalue weighted by Gasteiger charge is 2.38. The monoisotopic (exact) mass is 465 g/mol. The Morgan fingerprint density at radius 2 is 1.78 bits per heavy atom. The molecule has 0 saturated heterocycles. The molecule has 2 aromatic rings. The maximum absolute atomic E-state index is 13.1. The number of benzene rings is 2. The van der Waals surface area contributed by atoms with Gasteiger partial charge in [0.25, 0.3) is 5.91 Å². The van der Waals surface area contributed by atoms with Crippen LogP contribution in [0.25, 0.3) is 6.08 Å². The maximum Gasteiger partial charge on any atom is 0.340 e. The van der Waals surface area contributed by atoms with E-state index in [0.717, 1.165) is 10.0 Å². The molecule has 0 aromatic heterocycles. The molecule has 1 aliphatic heterocycles. The largest absolute Gasteiger partial charge is 0.465 e. The fourth-order valence-corrected chi connectivity index (χ4v) is 3.40. The maximum atomic E-state index is 13.1. The summed E-state index contributed by atoms with van der Waals surface area (Å²) in [7, 11) is 1.28. The van der Waals surface area contributed by atoms with Gasteiger partial charge in [0.2, 0.25) is 0 Å². The molecule has 1 heterocycles. The zero-order valence-electron chi connectivity index (χ0n) is 14.4. The second-order valence-corrected chi connectivity index (χ2v) is 7.53. The van der Waals surface area contributed by atoms with E-state index in [1.165, 1.54) is 12.0 Å². The van der Waals surface area contributed by atoms with Gasteiger partial charge in [0, 0.05) is 10.2 Å². The van der Waals surface area contributed by atoms with Gasteiger partial charge in [-0.15, -0.1) is 0 Å². The number of carbonyl (C=O) groups is 2. The second kappa shape index (κ2) is 7.89. The molecule has 0 saturated carbocycles. The van der Waals surface area contributed by atoms with E-state index in [2.05, 4.69) is 15.9 Å². The normalized spacial score (nSPS) is 15.7. The van der Waals surface area contributed by atoms with Gasteiger partial charge in [-0.3, -0.25) is 9.69 Å². The molecule has 7 heteroatoms. The third-order valence-corrected chi connectivity index (χ3v) is 5.40. The van der Waals surface area contributed by atoms with Gasteiger partial charge in [-0.2, -0.15) is 0 Å². The first-order chi connectivity index (χ1) is 12.8. The number of allylic oxidation sites excluding steroid dienone is 1. The molecule has 138 valence electrons. The molecule has 0 unspecified atom stereocenters. The van der Waals surface area contributed by atoms with E-state index < -0.39 is 5.97 Å². The van der Waals surface area contributed by atoms with Crippen molar-refractivity contribution in [1.29, 1.82) is 0 Å². The van der Waals surface area contributed by atoms with Crippen molar-refractivity contribution in [1.82, 2.24) is 0 Å². The molecule has 0 bridgehead atoms.